The molecule has 1 aliphatic heterocycles. The highest BCUT2D eigenvalue weighted by Crippen LogP contribution is 2.25. The van der Waals surface area contributed by atoms with E-state index >= 15 is 0 Å². The monoisotopic (exact) mass is 594 g/mol. The van der Waals surface area contributed by atoms with Gasteiger partial charge >= 0.3 is 12.1 Å². The van der Waals surface area contributed by atoms with Crippen molar-refractivity contribution in [2.75, 3.05) is 38.1 Å². The van der Waals surface area contributed by atoms with E-state index in [4.69, 9.17) is 4.74 Å². The largest absolute Gasteiger partial charge is 0.481 e. The molecule has 2 aliphatic rings. The quantitative estimate of drug-likeness (QED) is 0.374. The lowest BCUT2D eigenvalue weighted by molar-refractivity contribution is -0.138. The zero-order chi connectivity index (χ0) is 30.8. The molecular formula is C30H38N6O7. The molecule has 4 amide bonds. The van der Waals surface area contributed by atoms with Gasteiger partial charge in [-0.15, -0.1) is 0 Å². The normalized spacial score (nSPS) is 16.2. The second-order valence-corrected chi connectivity index (χ2v) is 10.6. The molecule has 0 radical (unpaired) electrons. The van der Waals surface area contributed by atoms with Crippen molar-refractivity contribution in [3.63, 3.8) is 0 Å². The maximum atomic E-state index is 13.5. The van der Waals surface area contributed by atoms with Gasteiger partial charge in [-0.25, -0.2) is 14.8 Å². The number of piperazine rings is 1. The Morgan fingerprint density at radius 2 is 1.65 bits per heavy atom. The number of carbonyl (C=O) groups excluding carboxylic acids is 4. The molecule has 1 unspecified atom stereocenters. The lowest BCUT2D eigenvalue weighted by Gasteiger charge is -2.35. The van der Waals surface area contributed by atoms with Crippen molar-refractivity contribution in [1.82, 2.24) is 25.1 Å². The van der Waals surface area contributed by atoms with Gasteiger partial charge in [-0.2, -0.15) is 0 Å². The molecule has 0 spiro atoms. The lowest BCUT2D eigenvalue weighted by Crippen LogP contribution is -2.56. The molecule has 0 bridgehead atoms. The van der Waals surface area contributed by atoms with Crippen molar-refractivity contribution in [2.24, 2.45) is 5.92 Å². The van der Waals surface area contributed by atoms with E-state index in [0.29, 0.717) is 5.56 Å². The molecule has 2 heterocycles. The van der Waals surface area contributed by atoms with Crippen LogP contribution in [-0.4, -0.2) is 93.5 Å². The van der Waals surface area contributed by atoms with E-state index in [1.54, 1.807) is 31.2 Å². The molecule has 1 saturated carbocycles. The zero-order valence-electron chi connectivity index (χ0n) is 24.3. The van der Waals surface area contributed by atoms with Crippen molar-refractivity contribution in [2.45, 2.75) is 57.9 Å². The zero-order valence-corrected chi connectivity index (χ0v) is 24.3. The molecule has 4 rings (SSSR count). The predicted molar refractivity (Wildman–Crippen MR) is 156 cm³/mol. The molecule has 230 valence electrons. The molecule has 2 fully saturated rings. The third-order valence-corrected chi connectivity index (χ3v) is 7.59. The summed E-state index contributed by atoms with van der Waals surface area (Å²) in [6.45, 7) is 2.87. The van der Waals surface area contributed by atoms with E-state index in [9.17, 15) is 29.1 Å². The van der Waals surface area contributed by atoms with E-state index in [1.807, 2.05) is 6.07 Å². The molecule has 1 aliphatic carbocycles. The minimum absolute atomic E-state index is 0.0759. The Morgan fingerprint density at radius 3 is 2.30 bits per heavy atom. The minimum Gasteiger partial charge on any atom is -0.481 e. The first kappa shape index (κ1) is 31.4. The Kier molecular flexibility index (Phi) is 11.0. The van der Waals surface area contributed by atoms with Gasteiger partial charge in [0.1, 0.15) is 17.6 Å². The first-order valence-electron chi connectivity index (χ1n) is 14.7. The first-order chi connectivity index (χ1) is 20.7. The van der Waals surface area contributed by atoms with Crippen molar-refractivity contribution in [1.29, 1.82) is 0 Å². The van der Waals surface area contributed by atoms with E-state index in [2.05, 4.69) is 20.6 Å². The number of carboxylic acids is 1. The van der Waals surface area contributed by atoms with Crippen molar-refractivity contribution in [3.8, 4) is 11.4 Å². The Morgan fingerprint density at radius 1 is 0.977 bits per heavy atom. The fourth-order valence-corrected chi connectivity index (χ4v) is 5.24. The number of rotatable bonds is 10. The van der Waals surface area contributed by atoms with Gasteiger partial charge in [-0.05, 0) is 26.2 Å². The van der Waals surface area contributed by atoms with Gasteiger partial charge in [-0.1, -0.05) is 49.6 Å². The number of anilines is 1. The number of benzene rings is 1. The van der Waals surface area contributed by atoms with E-state index in [0.717, 1.165) is 32.1 Å². The third kappa shape index (κ3) is 8.72. The molecule has 13 heteroatoms. The van der Waals surface area contributed by atoms with Crippen LogP contribution in [0.2, 0.25) is 0 Å². The van der Waals surface area contributed by atoms with Crippen molar-refractivity contribution in [3.05, 3.63) is 42.1 Å². The second-order valence-electron chi connectivity index (χ2n) is 10.6. The summed E-state index contributed by atoms with van der Waals surface area (Å²) < 4.78 is 5.02. The van der Waals surface area contributed by atoms with Crippen LogP contribution in [-0.2, 0) is 19.1 Å². The number of amides is 4. The fraction of sp³-hybridized carbons (Fsp3) is 0.500. The summed E-state index contributed by atoms with van der Waals surface area (Å²) in [6.07, 6.45) is 3.69. The van der Waals surface area contributed by atoms with Gasteiger partial charge in [0, 0.05) is 50.1 Å². The molecule has 13 nitrogen and oxygen atoms in total. The third-order valence-electron chi connectivity index (χ3n) is 7.59. The average molecular weight is 595 g/mol. The Labute approximate surface area is 250 Å². The SMILES string of the molecule is CCOC(=O)N1CCN(C(=O)C(CCC(=O)O)NC(=O)c2cc(NC(=O)C3CCCCC3)nc(-c3ccccc3)n2)CC1. The van der Waals surface area contributed by atoms with Crippen LogP contribution < -0.4 is 10.6 Å². The summed E-state index contributed by atoms with van der Waals surface area (Å²) in [4.78, 5) is 75.2. The Hall–Kier alpha value is -4.55. The molecule has 43 heavy (non-hydrogen) atoms. The van der Waals surface area contributed by atoms with Crippen molar-refractivity contribution >= 4 is 35.6 Å². The summed E-state index contributed by atoms with van der Waals surface area (Å²) in [5, 5.41) is 14.8. The molecule has 1 atom stereocenters. The Bertz CT molecular complexity index is 1310. The van der Waals surface area contributed by atoms with Gasteiger partial charge in [0.15, 0.2) is 5.82 Å². The number of hydrogen-bond acceptors (Lipinski definition) is 8. The van der Waals surface area contributed by atoms with Gasteiger partial charge in [0.25, 0.3) is 5.91 Å². The molecule has 2 aromatic rings. The van der Waals surface area contributed by atoms with Crippen LogP contribution in [0.4, 0.5) is 10.6 Å². The van der Waals surface area contributed by atoms with E-state index in [-0.39, 0.29) is 74.8 Å². The highest BCUT2D eigenvalue weighted by molar-refractivity contribution is 5.98. The van der Waals surface area contributed by atoms with Crippen LogP contribution in [0.3, 0.4) is 0 Å². The smallest absolute Gasteiger partial charge is 0.409 e. The number of ether oxygens (including phenoxy) is 1. The number of nitrogens with one attached hydrogen (secondary N) is 2. The maximum Gasteiger partial charge on any atom is 0.409 e. The average Bonchev–Trinajstić information content (AvgIpc) is 3.03. The predicted octanol–water partition coefficient (Wildman–Crippen LogP) is 2.93. The highest BCUT2D eigenvalue weighted by atomic mass is 16.6. The van der Waals surface area contributed by atoms with Crippen LogP contribution >= 0.6 is 0 Å². The number of hydrogen-bond donors (Lipinski definition) is 3. The maximum absolute atomic E-state index is 13.5. The number of carbonyl (C=O) groups is 5. The fourth-order valence-electron chi connectivity index (χ4n) is 5.24. The van der Waals surface area contributed by atoms with Crippen LogP contribution in [0.1, 0.15) is 62.4 Å². The van der Waals surface area contributed by atoms with Gasteiger partial charge in [0.2, 0.25) is 11.8 Å². The summed E-state index contributed by atoms with van der Waals surface area (Å²) in [6, 6.07) is 9.20. The molecule has 1 aromatic heterocycles. The van der Waals surface area contributed by atoms with E-state index in [1.165, 1.54) is 15.9 Å². The summed E-state index contributed by atoms with van der Waals surface area (Å²) in [5.74, 6) is -2.19. The Balaban J connectivity index is 1.53. The topological polar surface area (TPSA) is 171 Å². The molecule has 3 N–H and O–H groups in total. The number of carboxylic acid groups (broad SMARTS) is 1. The minimum atomic E-state index is -1.15. The molecular weight excluding hydrogens is 556 g/mol. The van der Waals surface area contributed by atoms with Gasteiger partial charge in [-0.3, -0.25) is 19.2 Å². The lowest BCUT2D eigenvalue weighted by atomic mass is 9.89. The second kappa shape index (κ2) is 15.1. The van der Waals surface area contributed by atoms with Crippen LogP contribution in [0.15, 0.2) is 36.4 Å². The van der Waals surface area contributed by atoms with Crippen LogP contribution in [0.25, 0.3) is 11.4 Å². The van der Waals surface area contributed by atoms with E-state index < -0.39 is 29.9 Å². The van der Waals surface area contributed by atoms with Crippen LogP contribution in [0.5, 0.6) is 0 Å². The van der Waals surface area contributed by atoms with Crippen molar-refractivity contribution < 1.29 is 33.8 Å². The first-order valence-corrected chi connectivity index (χ1v) is 14.7. The highest BCUT2D eigenvalue weighted by Gasteiger charge is 2.31. The standard InChI is InChI=1S/C30H38N6O7/c1-2-43-30(42)36-17-15-35(16-18-36)29(41)22(13-14-25(37)38)32-28(40)23-19-24(34-27(39)21-11-7-4-8-12-21)33-26(31-23)20-9-5-3-6-10-20/h3,5-6,9-10,19,21-22H,2,4,7-8,11-18H2,1H3,(H,32,40)(H,37,38)(H,31,33,34,39). The molecule has 1 saturated heterocycles. The summed E-state index contributed by atoms with van der Waals surface area (Å²) >= 11 is 0. The molecule has 1 aromatic carbocycles. The van der Waals surface area contributed by atoms with Crippen LogP contribution in [0, 0.1) is 5.92 Å². The van der Waals surface area contributed by atoms with Gasteiger partial charge < -0.3 is 30.3 Å². The summed E-state index contributed by atoms with van der Waals surface area (Å²) in [7, 11) is 0. The number of nitrogens with zero attached hydrogens (tertiary/aromatic N) is 4. The van der Waals surface area contributed by atoms with Gasteiger partial charge in [0.05, 0.1) is 6.61 Å². The number of aromatic nitrogens is 2. The summed E-state index contributed by atoms with van der Waals surface area (Å²) in [5.41, 5.74) is 0.552. The number of aliphatic carboxylic acids is 1.